The Labute approximate surface area is 82.9 Å². The van der Waals surface area contributed by atoms with Crippen molar-refractivity contribution in [3.63, 3.8) is 0 Å². The lowest BCUT2D eigenvalue weighted by Crippen LogP contribution is -2.30. The van der Waals surface area contributed by atoms with Crippen molar-refractivity contribution >= 4 is 17.4 Å². The van der Waals surface area contributed by atoms with E-state index in [9.17, 15) is 4.79 Å². The molecule has 0 aliphatic carbocycles. The quantitative estimate of drug-likeness (QED) is 0.753. The third kappa shape index (κ3) is 2.54. The first-order valence-corrected chi connectivity index (χ1v) is 4.50. The largest absolute Gasteiger partial charge is 0.310 e. The molecule has 1 aromatic carbocycles. The fourth-order valence-corrected chi connectivity index (χ4v) is 1.21. The Kier molecular flexibility index (Phi) is 3.46. The maximum absolute atomic E-state index is 11.6. The van der Waals surface area contributed by atoms with E-state index in [-0.39, 0.29) is 11.8 Å². The van der Waals surface area contributed by atoms with Gasteiger partial charge in [0, 0.05) is 10.6 Å². The van der Waals surface area contributed by atoms with E-state index in [0.29, 0.717) is 10.6 Å². The van der Waals surface area contributed by atoms with Crippen molar-refractivity contribution < 1.29 is 4.79 Å². The molecule has 0 heterocycles. The van der Waals surface area contributed by atoms with E-state index in [4.69, 9.17) is 11.6 Å². The number of hydrogen-bond acceptors (Lipinski definition) is 2. The van der Waals surface area contributed by atoms with Crippen LogP contribution in [0.2, 0.25) is 5.02 Å². The zero-order valence-electron chi connectivity index (χ0n) is 7.67. The van der Waals surface area contributed by atoms with Gasteiger partial charge in [-0.25, -0.2) is 0 Å². The average Bonchev–Trinajstić information content (AvgIpc) is 2.15. The van der Waals surface area contributed by atoms with Crippen molar-refractivity contribution in [1.82, 2.24) is 5.32 Å². The normalized spacial score (nSPS) is 12.5. The standard InChI is InChI=1S/C10H12ClNO/c1-7(12-2)10(13)8-4-3-5-9(11)6-8/h3-7,12H,1-2H3/t7-/m1/s1. The van der Waals surface area contributed by atoms with E-state index in [1.807, 2.05) is 6.92 Å². The first-order valence-electron chi connectivity index (χ1n) is 4.12. The minimum atomic E-state index is -0.168. The van der Waals surface area contributed by atoms with Gasteiger partial charge in [0.2, 0.25) is 0 Å². The molecular formula is C10H12ClNO. The van der Waals surface area contributed by atoms with Gasteiger partial charge in [-0.2, -0.15) is 0 Å². The van der Waals surface area contributed by atoms with Gasteiger partial charge in [0.15, 0.2) is 5.78 Å². The summed E-state index contributed by atoms with van der Waals surface area (Å²) in [6.07, 6.45) is 0. The van der Waals surface area contributed by atoms with Crippen LogP contribution in [-0.2, 0) is 0 Å². The van der Waals surface area contributed by atoms with Crippen LogP contribution in [0.15, 0.2) is 24.3 Å². The number of benzene rings is 1. The lowest BCUT2D eigenvalue weighted by molar-refractivity contribution is 0.0955. The summed E-state index contributed by atoms with van der Waals surface area (Å²) in [6, 6.07) is 6.80. The molecule has 13 heavy (non-hydrogen) atoms. The highest BCUT2D eigenvalue weighted by molar-refractivity contribution is 6.31. The molecule has 0 saturated carbocycles. The Hall–Kier alpha value is -0.860. The second-order valence-electron chi connectivity index (χ2n) is 2.88. The van der Waals surface area contributed by atoms with Crippen LogP contribution in [0.1, 0.15) is 17.3 Å². The summed E-state index contributed by atoms with van der Waals surface area (Å²) in [6.45, 7) is 1.82. The lowest BCUT2D eigenvalue weighted by Gasteiger charge is -2.08. The van der Waals surface area contributed by atoms with E-state index < -0.39 is 0 Å². The molecule has 0 radical (unpaired) electrons. The SMILES string of the molecule is CN[C@H](C)C(=O)c1cccc(Cl)c1. The second-order valence-corrected chi connectivity index (χ2v) is 3.32. The van der Waals surface area contributed by atoms with Crippen LogP contribution in [0.25, 0.3) is 0 Å². The predicted molar refractivity (Wildman–Crippen MR) is 54.3 cm³/mol. The summed E-state index contributed by atoms with van der Waals surface area (Å²) in [4.78, 5) is 11.6. The lowest BCUT2D eigenvalue weighted by atomic mass is 10.1. The van der Waals surface area contributed by atoms with Gasteiger partial charge in [0.25, 0.3) is 0 Å². The number of Topliss-reactive ketones (excluding diaryl/α,β-unsaturated/α-hetero) is 1. The summed E-state index contributed by atoms with van der Waals surface area (Å²) in [5, 5.41) is 3.48. The molecule has 3 heteroatoms. The molecule has 1 N–H and O–H groups in total. The Morgan fingerprint density at radius 2 is 2.23 bits per heavy atom. The monoisotopic (exact) mass is 197 g/mol. The van der Waals surface area contributed by atoms with Gasteiger partial charge in [0.1, 0.15) is 0 Å². The minimum Gasteiger partial charge on any atom is -0.310 e. The smallest absolute Gasteiger partial charge is 0.179 e. The fraction of sp³-hybridized carbons (Fsp3) is 0.300. The molecule has 2 nitrogen and oxygen atoms in total. The van der Waals surface area contributed by atoms with Crippen LogP contribution in [-0.4, -0.2) is 18.9 Å². The van der Waals surface area contributed by atoms with Gasteiger partial charge < -0.3 is 5.32 Å². The number of ketones is 1. The van der Waals surface area contributed by atoms with Gasteiger partial charge in [0.05, 0.1) is 6.04 Å². The van der Waals surface area contributed by atoms with Crippen LogP contribution in [0.3, 0.4) is 0 Å². The molecule has 0 amide bonds. The fourth-order valence-electron chi connectivity index (χ4n) is 1.02. The summed E-state index contributed by atoms with van der Waals surface area (Å²) < 4.78 is 0. The topological polar surface area (TPSA) is 29.1 Å². The molecule has 0 aliphatic heterocycles. The molecule has 0 aliphatic rings. The summed E-state index contributed by atoms with van der Waals surface area (Å²) in [5.74, 6) is 0.0602. The van der Waals surface area contributed by atoms with Gasteiger partial charge in [-0.05, 0) is 26.1 Å². The third-order valence-corrected chi connectivity index (χ3v) is 2.17. The van der Waals surface area contributed by atoms with Crippen molar-refractivity contribution in [2.75, 3.05) is 7.05 Å². The highest BCUT2D eigenvalue weighted by Gasteiger charge is 2.12. The third-order valence-electron chi connectivity index (χ3n) is 1.94. The first kappa shape index (κ1) is 10.2. The van der Waals surface area contributed by atoms with Gasteiger partial charge in [-0.15, -0.1) is 0 Å². The molecule has 0 fully saturated rings. The second kappa shape index (κ2) is 4.40. The van der Waals surface area contributed by atoms with Gasteiger partial charge in [-0.3, -0.25) is 4.79 Å². The molecule has 1 aromatic rings. The van der Waals surface area contributed by atoms with E-state index in [2.05, 4.69) is 5.32 Å². The molecule has 1 atom stereocenters. The molecule has 0 unspecified atom stereocenters. The zero-order valence-corrected chi connectivity index (χ0v) is 8.43. The van der Waals surface area contributed by atoms with E-state index >= 15 is 0 Å². The van der Waals surface area contributed by atoms with Crippen molar-refractivity contribution in [2.45, 2.75) is 13.0 Å². The summed E-state index contributed by atoms with van der Waals surface area (Å²) in [7, 11) is 1.76. The number of carbonyl (C=O) groups excluding carboxylic acids is 1. The van der Waals surface area contributed by atoms with Gasteiger partial charge in [-0.1, -0.05) is 23.7 Å². The van der Waals surface area contributed by atoms with Crippen LogP contribution >= 0.6 is 11.6 Å². The van der Waals surface area contributed by atoms with Crippen LogP contribution < -0.4 is 5.32 Å². The van der Waals surface area contributed by atoms with E-state index in [1.54, 1.807) is 31.3 Å². The summed E-state index contributed by atoms with van der Waals surface area (Å²) >= 11 is 5.76. The molecule has 0 saturated heterocycles. The van der Waals surface area contributed by atoms with Crippen LogP contribution in [0.4, 0.5) is 0 Å². The molecule has 1 rings (SSSR count). The number of rotatable bonds is 3. The van der Waals surface area contributed by atoms with Gasteiger partial charge >= 0.3 is 0 Å². The highest BCUT2D eigenvalue weighted by atomic mass is 35.5. The average molecular weight is 198 g/mol. The molecule has 0 spiro atoms. The number of likely N-dealkylation sites (N-methyl/N-ethyl adjacent to an activating group) is 1. The van der Waals surface area contributed by atoms with Crippen molar-refractivity contribution in [3.8, 4) is 0 Å². The van der Waals surface area contributed by atoms with Crippen molar-refractivity contribution in [2.24, 2.45) is 0 Å². The van der Waals surface area contributed by atoms with Crippen LogP contribution in [0, 0.1) is 0 Å². The maximum atomic E-state index is 11.6. The maximum Gasteiger partial charge on any atom is 0.179 e. The Balaban J connectivity index is 2.89. The molecular weight excluding hydrogens is 186 g/mol. The zero-order chi connectivity index (χ0) is 9.84. The molecule has 0 aromatic heterocycles. The Bertz CT molecular complexity index is 312. The van der Waals surface area contributed by atoms with Crippen molar-refractivity contribution in [1.29, 1.82) is 0 Å². The van der Waals surface area contributed by atoms with Crippen LogP contribution in [0.5, 0.6) is 0 Å². The highest BCUT2D eigenvalue weighted by Crippen LogP contribution is 2.12. The minimum absolute atomic E-state index is 0.0602. The Morgan fingerprint density at radius 3 is 2.77 bits per heavy atom. The number of halogens is 1. The number of hydrogen-bond donors (Lipinski definition) is 1. The first-order chi connectivity index (χ1) is 6.15. The predicted octanol–water partition coefficient (Wildman–Crippen LogP) is 2.13. The number of carbonyl (C=O) groups is 1. The number of nitrogens with one attached hydrogen (secondary N) is 1. The van der Waals surface area contributed by atoms with E-state index in [0.717, 1.165) is 0 Å². The van der Waals surface area contributed by atoms with E-state index in [1.165, 1.54) is 0 Å². The molecule has 70 valence electrons. The summed E-state index contributed by atoms with van der Waals surface area (Å²) in [5.41, 5.74) is 0.648. The van der Waals surface area contributed by atoms with Crippen molar-refractivity contribution in [3.05, 3.63) is 34.9 Å². The molecule has 0 bridgehead atoms. The Morgan fingerprint density at radius 1 is 1.54 bits per heavy atom.